The largest absolute Gasteiger partial charge is 0.483 e. The zero-order chi connectivity index (χ0) is 46.3. The molecule has 5 aromatic rings. The summed E-state index contributed by atoms with van der Waals surface area (Å²) in [5.41, 5.74) is 1.72. The van der Waals surface area contributed by atoms with Crippen LogP contribution in [0.1, 0.15) is 68.1 Å². The lowest BCUT2D eigenvalue weighted by molar-refractivity contribution is -0.149. The third-order valence-corrected chi connectivity index (χ3v) is 10.9. The second kappa shape index (κ2) is 20.1. The van der Waals surface area contributed by atoms with Gasteiger partial charge in [0.2, 0.25) is 5.91 Å². The first-order valence-corrected chi connectivity index (χ1v) is 20.8. The van der Waals surface area contributed by atoms with E-state index in [4.69, 9.17) is 14.2 Å². The van der Waals surface area contributed by atoms with Gasteiger partial charge in [-0.2, -0.15) is 13.2 Å². The Labute approximate surface area is 371 Å². The summed E-state index contributed by atoms with van der Waals surface area (Å²) in [6.07, 6.45) is -4.38. The van der Waals surface area contributed by atoms with E-state index in [-0.39, 0.29) is 61.3 Å². The van der Waals surface area contributed by atoms with Gasteiger partial charge in [0.05, 0.1) is 54.9 Å². The smallest absolute Gasteiger partial charge is 0.416 e. The molecule has 0 bridgehead atoms. The van der Waals surface area contributed by atoms with E-state index in [9.17, 15) is 41.9 Å². The van der Waals surface area contributed by atoms with Crippen molar-refractivity contribution in [2.75, 3.05) is 58.5 Å². The van der Waals surface area contributed by atoms with Gasteiger partial charge in [0, 0.05) is 32.1 Å². The average molecular weight is 895 g/mol. The van der Waals surface area contributed by atoms with Crippen LogP contribution in [0.15, 0.2) is 97.1 Å². The SMILES string of the molecule is C[C@H](NC(=O)c1ccc2c(-c3ccc(C(F)(F)F)cc3)cccc2c1)c1cccc(NCCOCCOCCNC(=O)COc2cccc3c2C(=O)N(C2CCC(=O)N(C)C2=O)C3=O)n1. The van der Waals surface area contributed by atoms with Crippen molar-refractivity contribution in [3.63, 3.8) is 0 Å². The number of likely N-dealkylation sites (tertiary alicyclic amines) is 1. The molecule has 18 heteroatoms. The molecule has 3 N–H and O–H groups in total. The summed E-state index contributed by atoms with van der Waals surface area (Å²) < 4.78 is 56.0. The molecule has 2 aliphatic rings. The molecule has 1 saturated heterocycles. The zero-order valence-corrected chi connectivity index (χ0v) is 35.4. The van der Waals surface area contributed by atoms with Gasteiger partial charge in [-0.25, -0.2) is 4.98 Å². The number of pyridine rings is 1. The van der Waals surface area contributed by atoms with E-state index in [1.165, 1.54) is 37.4 Å². The first-order chi connectivity index (χ1) is 31.2. The number of rotatable bonds is 18. The Hall–Kier alpha value is -7.18. The van der Waals surface area contributed by atoms with Gasteiger partial charge in [-0.05, 0) is 83.8 Å². The number of carbonyl (C=O) groups is 6. The molecule has 0 aliphatic carbocycles. The molecule has 4 aromatic carbocycles. The summed E-state index contributed by atoms with van der Waals surface area (Å²) in [6.45, 7) is 3.11. The molecule has 2 aliphatic heterocycles. The molecule has 65 heavy (non-hydrogen) atoms. The lowest BCUT2D eigenvalue weighted by Gasteiger charge is -2.32. The van der Waals surface area contributed by atoms with Crippen molar-refractivity contribution in [3.05, 3.63) is 125 Å². The van der Waals surface area contributed by atoms with Crippen LogP contribution in [-0.2, 0) is 30.0 Å². The molecular formula is C47H45F3N6O9. The lowest BCUT2D eigenvalue weighted by Crippen LogP contribution is -2.54. The summed E-state index contributed by atoms with van der Waals surface area (Å²) in [5, 5.41) is 10.4. The van der Waals surface area contributed by atoms with Crippen LogP contribution in [0.25, 0.3) is 21.9 Å². The number of halogens is 3. The highest BCUT2D eigenvalue weighted by molar-refractivity contribution is 6.24. The van der Waals surface area contributed by atoms with Gasteiger partial charge < -0.3 is 30.2 Å². The fourth-order valence-electron chi connectivity index (χ4n) is 7.50. The number of nitrogens with zero attached hydrogens (tertiary/aromatic N) is 3. The summed E-state index contributed by atoms with van der Waals surface area (Å²) >= 11 is 0. The molecule has 3 heterocycles. The maximum atomic E-state index is 13.3. The van der Waals surface area contributed by atoms with Gasteiger partial charge in [-0.3, -0.25) is 38.6 Å². The summed E-state index contributed by atoms with van der Waals surface area (Å²) in [7, 11) is 1.31. The predicted octanol–water partition coefficient (Wildman–Crippen LogP) is 5.80. The topological polar surface area (TPSA) is 186 Å². The van der Waals surface area contributed by atoms with Gasteiger partial charge in [0.25, 0.3) is 29.5 Å². The Balaban J connectivity index is 0.777. The maximum Gasteiger partial charge on any atom is 0.416 e. The number of amides is 6. The highest BCUT2D eigenvalue weighted by Gasteiger charge is 2.47. The van der Waals surface area contributed by atoms with Gasteiger partial charge >= 0.3 is 6.18 Å². The quantitative estimate of drug-likeness (QED) is 0.0714. The molecule has 15 nitrogen and oxygen atoms in total. The third kappa shape index (κ3) is 10.6. The zero-order valence-electron chi connectivity index (χ0n) is 35.4. The van der Waals surface area contributed by atoms with Gasteiger partial charge in [0.15, 0.2) is 6.61 Å². The van der Waals surface area contributed by atoms with Crippen LogP contribution in [0.4, 0.5) is 19.0 Å². The van der Waals surface area contributed by atoms with E-state index in [0.29, 0.717) is 42.4 Å². The van der Waals surface area contributed by atoms with Crippen LogP contribution >= 0.6 is 0 Å². The minimum atomic E-state index is -4.42. The number of nitrogens with one attached hydrogen (secondary N) is 3. The van der Waals surface area contributed by atoms with Crippen molar-refractivity contribution in [2.24, 2.45) is 0 Å². The number of hydrogen-bond donors (Lipinski definition) is 3. The Bertz CT molecular complexity index is 2620. The van der Waals surface area contributed by atoms with Crippen molar-refractivity contribution < 1.29 is 56.1 Å². The van der Waals surface area contributed by atoms with Crippen molar-refractivity contribution in [1.29, 1.82) is 0 Å². The van der Waals surface area contributed by atoms with Crippen LogP contribution in [0, 0.1) is 0 Å². The van der Waals surface area contributed by atoms with Crippen LogP contribution in [-0.4, -0.2) is 109 Å². The van der Waals surface area contributed by atoms with Crippen molar-refractivity contribution in [3.8, 4) is 16.9 Å². The number of carbonyl (C=O) groups excluding carboxylic acids is 6. The molecule has 0 saturated carbocycles. The molecule has 1 aromatic heterocycles. The Morgan fingerprint density at radius 1 is 0.831 bits per heavy atom. The number of aromatic nitrogens is 1. The molecule has 338 valence electrons. The van der Waals surface area contributed by atoms with Crippen molar-refractivity contribution >= 4 is 52.0 Å². The van der Waals surface area contributed by atoms with Crippen LogP contribution in [0.2, 0.25) is 0 Å². The highest BCUT2D eigenvalue weighted by Crippen LogP contribution is 2.36. The minimum absolute atomic E-state index is 0.0167. The monoisotopic (exact) mass is 894 g/mol. The maximum absolute atomic E-state index is 13.3. The highest BCUT2D eigenvalue weighted by atomic mass is 19.4. The normalized spacial score (nSPS) is 15.6. The van der Waals surface area contributed by atoms with Crippen LogP contribution < -0.4 is 20.7 Å². The van der Waals surface area contributed by atoms with Crippen molar-refractivity contribution in [2.45, 2.75) is 38.0 Å². The predicted molar refractivity (Wildman–Crippen MR) is 231 cm³/mol. The standard InChI is InChI=1S/C47H45F3N6O9/c1-28(53-43(59)31-14-17-34-30(26-31)6-3-7-33(34)29-12-15-32(16-13-29)47(48,49)50)36-9-5-11-39(54-36)51-20-22-63-24-25-64-23-21-52-40(57)27-65-38-10-4-8-35-42(38)46(62)56(44(35)60)37-18-19-41(58)55(2)45(37)61/h3-17,26,28,37H,18-25,27H2,1-2H3,(H,51,54)(H,52,57)(H,53,59)/t28-,37?/m0/s1. The Morgan fingerprint density at radius 2 is 1.54 bits per heavy atom. The number of likely N-dealkylation sites (N-methyl/N-ethyl adjacent to an activating group) is 1. The summed E-state index contributed by atoms with van der Waals surface area (Å²) in [4.78, 5) is 83.2. The van der Waals surface area contributed by atoms with E-state index in [1.807, 2.05) is 25.1 Å². The van der Waals surface area contributed by atoms with Gasteiger partial charge in [0.1, 0.15) is 17.6 Å². The lowest BCUT2D eigenvalue weighted by atomic mass is 9.96. The number of imide groups is 2. The average Bonchev–Trinajstić information content (AvgIpc) is 3.56. The van der Waals surface area contributed by atoms with E-state index in [0.717, 1.165) is 38.3 Å². The molecule has 6 amide bonds. The van der Waals surface area contributed by atoms with E-state index >= 15 is 0 Å². The summed E-state index contributed by atoms with van der Waals surface area (Å²) in [6, 6.07) is 24.0. The van der Waals surface area contributed by atoms with Crippen molar-refractivity contribution in [1.82, 2.24) is 25.4 Å². The second-order valence-corrected chi connectivity index (χ2v) is 15.3. The molecular weight excluding hydrogens is 850 g/mol. The number of piperidine rings is 1. The molecule has 1 unspecified atom stereocenters. The van der Waals surface area contributed by atoms with E-state index in [2.05, 4.69) is 20.9 Å². The number of alkyl halides is 3. The Kier molecular flexibility index (Phi) is 14.2. The third-order valence-electron chi connectivity index (χ3n) is 10.9. The van der Waals surface area contributed by atoms with Gasteiger partial charge in [-0.15, -0.1) is 0 Å². The number of ether oxygens (including phenoxy) is 3. The van der Waals surface area contributed by atoms with Gasteiger partial charge in [-0.1, -0.05) is 48.5 Å². The molecule has 7 rings (SSSR count). The first-order valence-electron chi connectivity index (χ1n) is 20.8. The number of benzene rings is 4. The first kappa shape index (κ1) is 45.8. The molecule has 0 spiro atoms. The fourth-order valence-corrected chi connectivity index (χ4v) is 7.50. The minimum Gasteiger partial charge on any atom is -0.483 e. The molecule has 1 fully saturated rings. The van der Waals surface area contributed by atoms with Crippen LogP contribution in [0.5, 0.6) is 5.75 Å². The number of anilines is 1. The number of fused-ring (bicyclic) bond motifs is 2. The van der Waals surface area contributed by atoms with E-state index < -0.39 is 54.1 Å². The molecule has 2 atom stereocenters. The van der Waals surface area contributed by atoms with Crippen LogP contribution in [0.3, 0.4) is 0 Å². The Morgan fingerprint density at radius 3 is 2.29 bits per heavy atom. The van der Waals surface area contributed by atoms with E-state index in [1.54, 1.807) is 36.4 Å². The fraction of sp³-hybridized carbons (Fsp3) is 0.298. The second-order valence-electron chi connectivity index (χ2n) is 15.3. The number of hydrogen-bond acceptors (Lipinski definition) is 11. The molecule has 0 radical (unpaired) electrons. The summed E-state index contributed by atoms with van der Waals surface area (Å²) in [5.74, 6) is -2.60.